The van der Waals surface area contributed by atoms with Crippen LogP contribution in [0.4, 0.5) is 5.82 Å². The Balaban J connectivity index is 1.94. The lowest BCUT2D eigenvalue weighted by molar-refractivity contribution is 0.0914. The number of ether oxygens (including phenoxy) is 1. The van der Waals surface area contributed by atoms with E-state index in [9.17, 15) is 4.79 Å². The first-order chi connectivity index (χ1) is 9.44. The van der Waals surface area contributed by atoms with Gasteiger partial charge in [-0.05, 0) is 33.6 Å². The molecule has 6 nitrogen and oxygen atoms in total. The van der Waals surface area contributed by atoms with Crippen molar-refractivity contribution in [2.24, 2.45) is 0 Å². The van der Waals surface area contributed by atoms with Gasteiger partial charge in [0.15, 0.2) is 0 Å². The van der Waals surface area contributed by atoms with Crippen molar-refractivity contribution in [3.63, 3.8) is 0 Å². The zero-order chi connectivity index (χ0) is 14.6. The summed E-state index contributed by atoms with van der Waals surface area (Å²) in [5, 5.41) is 6.07. The molecule has 1 aliphatic heterocycles. The predicted octanol–water partition coefficient (Wildman–Crippen LogP) is 1.60. The zero-order valence-corrected chi connectivity index (χ0v) is 12.3. The van der Waals surface area contributed by atoms with E-state index in [2.05, 4.69) is 20.6 Å². The van der Waals surface area contributed by atoms with Gasteiger partial charge in [0, 0.05) is 24.8 Å². The maximum atomic E-state index is 12.0. The Labute approximate surface area is 119 Å². The second-order valence-electron chi connectivity index (χ2n) is 6.01. The summed E-state index contributed by atoms with van der Waals surface area (Å²) >= 11 is 0. The van der Waals surface area contributed by atoms with Crippen LogP contribution in [0.2, 0.25) is 0 Å². The zero-order valence-electron chi connectivity index (χ0n) is 12.3. The standard InChI is InChI=1S/C14H22N4O2/c1-14(2,3)18-13(19)11-7-12(17-9-16-11)15-8-10-5-4-6-20-10/h7,9-10H,4-6,8H2,1-3H3,(H,18,19)(H,15,16,17). The molecule has 1 saturated heterocycles. The van der Waals surface area contributed by atoms with Crippen molar-refractivity contribution in [2.75, 3.05) is 18.5 Å². The summed E-state index contributed by atoms with van der Waals surface area (Å²) in [4.78, 5) is 20.1. The lowest BCUT2D eigenvalue weighted by Crippen LogP contribution is -2.41. The van der Waals surface area contributed by atoms with Crippen molar-refractivity contribution in [1.29, 1.82) is 0 Å². The fraction of sp³-hybridized carbons (Fsp3) is 0.643. The van der Waals surface area contributed by atoms with Crippen LogP contribution in [0, 0.1) is 0 Å². The van der Waals surface area contributed by atoms with E-state index in [-0.39, 0.29) is 17.6 Å². The summed E-state index contributed by atoms with van der Waals surface area (Å²) in [6.45, 7) is 7.33. The number of nitrogens with zero attached hydrogens (tertiary/aromatic N) is 2. The first-order valence-electron chi connectivity index (χ1n) is 6.94. The molecule has 0 aliphatic carbocycles. The first kappa shape index (κ1) is 14.7. The third kappa shape index (κ3) is 4.45. The molecule has 6 heteroatoms. The van der Waals surface area contributed by atoms with Crippen LogP contribution >= 0.6 is 0 Å². The van der Waals surface area contributed by atoms with Gasteiger partial charge in [-0.1, -0.05) is 0 Å². The molecule has 1 unspecified atom stereocenters. The smallest absolute Gasteiger partial charge is 0.270 e. The van der Waals surface area contributed by atoms with Crippen molar-refractivity contribution < 1.29 is 9.53 Å². The molecule has 1 aliphatic rings. The summed E-state index contributed by atoms with van der Waals surface area (Å²) in [5.41, 5.74) is 0.0811. The van der Waals surface area contributed by atoms with Crippen LogP contribution in [-0.2, 0) is 4.74 Å². The third-order valence-corrected chi connectivity index (χ3v) is 2.92. The van der Waals surface area contributed by atoms with Crippen molar-refractivity contribution in [2.45, 2.75) is 45.3 Å². The molecule has 1 atom stereocenters. The van der Waals surface area contributed by atoms with E-state index in [4.69, 9.17) is 4.74 Å². The lowest BCUT2D eigenvalue weighted by Gasteiger charge is -2.20. The summed E-state index contributed by atoms with van der Waals surface area (Å²) in [6.07, 6.45) is 3.80. The maximum Gasteiger partial charge on any atom is 0.270 e. The first-order valence-corrected chi connectivity index (χ1v) is 6.94. The Morgan fingerprint density at radius 2 is 2.25 bits per heavy atom. The molecule has 2 heterocycles. The van der Waals surface area contributed by atoms with Gasteiger partial charge in [0.05, 0.1) is 6.10 Å². The minimum Gasteiger partial charge on any atom is -0.376 e. The second-order valence-corrected chi connectivity index (χ2v) is 6.01. The van der Waals surface area contributed by atoms with Crippen LogP contribution in [0.15, 0.2) is 12.4 Å². The normalized spacial score (nSPS) is 18.9. The molecule has 0 saturated carbocycles. The highest BCUT2D eigenvalue weighted by Crippen LogP contribution is 2.13. The molecular formula is C14H22N4O2. The van der Waals surface area contributed by atoms with Gasteiger partial charge in [-0.2, -0.15) is 0 Å². The molecule has 1 aromatic rings. The van der Waals surface area contributed by atoms with Crippen LogP contribution in [0.25, 0.3) is 0 Å². The van der Waals surface area contributed by atoms with Gasteiger partial charge in [-0.15, -0.1) is 0 Å². The van der Waals surface area contributed by atoms with Gasteiger partial charge in [0.1, 0.15) is 17.8 Å². The fourth-order valence-electron chi connectivity index (χ4n) is 2.01. The Morgan fingerprint density at radius 1 is 1.45 bits per heavy atom. The molecule has 20 heavy (non-hydrogen) atoms. The lowest BCUT2D eigenvalue weighted by atomic mass is 10.1. The predicted molar refractivity (Wildman–Crippen MR) is 76.7 cm³/mol. The maximum absolute atomic E-state index is 12.0. The monoisotopic (exact) mass is 278 g/mol. The quantitative estimate of drug-likeness (QED) is 0.875. The molecule has 2 N–H and O–H groups in total. The summed E-state index contributed by atoms with van der Waals surface area (Å²) < 4.78 is 5.53. The second kappa shape index (κ2) is 6.17. The van der Waals surface area contributed by atoms with Gasteiger partial charge >= 0.3 is 0 Å². The molecule has 110 valence electrons. The minimum atomic E-state index is -0.284. The highest BCUT2D eigenvalue weighted by Gasteiger charge is 2.18. The van der Waals surface area contributed by atoms with Crippen LogP contribution in [-0.4, -0.2) is 40.7 Å². The van der Waals surface area contributed by atoms with Crippen molar-refractivity contribution in [1.82, 2.24) is 15.3 Å². The average Bonchev–Trinajstić information content (AvgIpc) is 2.88. The molecule has 0 bridgehead atoms. The highest BCUT2D eigenvalue weighted by atomic mass is 16.5. The van der Waals surface area contributed by atoms with E-state index < -0.39 is 0 Å². The van der Waals surface area contributed by atoms with E-state index in [1.807, 2.05) is 20.8 Å². The van der Waals surface area contributed by atoms with Crippen molar-refractivity contribution >= 4 is 11.7 Å². The van der Waals surface area contributed by atoms with Crippen molar-refractivity contribution in [3.05, 3.63) is 18.1 Å². The Bertz CT molecular complexity index is 464. The topological polar surface area (TPSA) is 76.1 Å². The molecule has 1 aromatic heterocycles. The number of carbonyl (C=O) groups excluding carboxylic acids is 1. The fourth-order valence-corrected chi connectivity index (χ4v) is 2.01. The Kier molecular flexibility index (Phi) is 4.54. The van der Waals surface area contributed by atoms with Crippen LogP contribution in [0.5, 0.6) is 0 Å². The summed E-state index contributed by atoms with van der Waals surface area (Å²) in [5.74, 6) is 0.453. The van der Waals surface area contributed by atoms with E-state index in [1.54, 1.807) is 6.07 Å². The van der Waals surface area contributed by atoms with Crippen molar-refractivity contribution in [3.8, 4) is 0 Å². The summed E-state index contributed by atoms with van der Waals surface area (Å²) in [6, 6.07) is 1.66. The molecule has 1 fully saturated rings. The molecule has 0 aromatic carbocycles. The third-order valence-electron chi connectivity index (χ3n) is 2.92. The average molecular weight is 278 g/mol. The number of amides is 1. The highest BCUT2D eigenvalue weighted by molar-refractivity contribution is 5.93. The van der Waals surface area contributed by atoms with Gasteiger partial charge in [-0.25, -0.2) is 9.97 Å². The molecular weight excluding hydrogens is 256 g/mol. The molecule has 0 radical (unpaired) electrons. The summed E-state index contributed by atoms with van der Waals surface area (Å²) in [7, 11) is 0. The van der Waals surface area contributed by atoms with Crippen LogP contribution in [0.1, 0.15) is 44.1 Å². The van der Waals surface area contributed by atoms with Crippen LogP contribution in [0.3, 0.4) is 0 Å². The number of rotatable bonds is 4. The van der Waals surface area contributed by atoms with Crippen LogP contribution < -0.4 is 10.6 Å². The van der Waals surface area contributed by atoms with E-state index in [0.29, 0.717) is 18.1 Å². The number of anilines is 1. The van der Waals surface area contributed by atoms with E-state index >= 15 is 0 Å². The Hall–Kier alpha value is -1.69. The molecule has 2 rings (SSSR count). The van der Waals surface area contributed by atoms with Gasteiger partial charge in [0.25, 0.3) is 5.91 Å². The number of carbonyl (C=O) groups is 1. The van der Waals surface area contributed by atoms with Gasteiger partial charge < -0.3 is 15.4 Å². The van der Waals surface area contributed by atoms with Gasteiger partial charge in [0.2, 0.25) is 0 Å². The minimum absolute atomic E-state index is 0.194. The molecule has 0 spiro atoms. The number of hydrogen-bond acceptors (Lipinski definition) is 5. The number of hydrogen-bond donors (Lipinski definition) is 2. The Morgan fingerprint density at radius 3 is 2.90 bits per heavy atom. The van der Waals surface area contributed by atoms with E-state index in [1.165, 1.54) is 6.33 Å². The van der Waals surface area contributed by atoms with Gasteiger partial charge in [-0.3, -0.25) is 4.79 Å². The largest absolute Gasteiger partial charge is 0.376 e. The number of aromatic nitrogens is 2. The SMILES string of the molecule is CC(C)(C)NC(=O)c1cc(NCC2CCCO2)ncn1. The molecule has 1 amide bonds. The number of nitrogens with one attached hydrogen (secondary N) is 2. The van der Waals surface area contributed by atoms with E-state index in [0.717, 1.165) is 19.4 Å².